The second kappa shape index (κ2) is 6.47. The highest BCUT2D eigenvalue weighted by Crippen LogP contribution is 2.31. The van der Waals surface area contributed by atoms with Crippen LogP contribution in [-0.2, 0) is 16.6 Å². The summed E-state index contributed by atoms with van der Waals surface area (Å²) in [5.74, 6) is -0.375. The summed E-state index contributed by atoms with van der Waals surface area (Å²) < 4.78 is 40.5. The van der Waals surface area contributed by atoms with Crippen LogP contribution in [0.2, 0.25) is 0 Å². The minimum absolute atomic E-state index is 0.0538. The van der Waals surface area contributed by atoms with Gasteiger partial charge in [0, 0.05) is 19.7 Å². The molecule has 0 fully saturated rings. The molecular weight excluding hydrogens is 373 g/mol. The van der Waals surface area contributed by atoms with Crippen molar-refractivity contribution < 1.29 is 12.8 Å². The molecule has 120 valence electrons. The number of hydrogen-bond donors (Lipinski definition) is 0. The van der Waals surface area contributed by atoms with E-state index in [1.807, 2.05) is 6.92 Å². The highest BCUT2D eigenvalue weighted by molar-refractivity contribution is 9.10. The minimum atomic E-state index is -3.31. The van der Waals surface area contributed by atoms with E-state index in [0.29, 0.717) is 0 Å². The lowest BCUT2D eigenvalue weighted by Gasteiger charge is -2.13. The number of aromatic nitrogens is 2. The molecule has 22 heavy (non-hydrogen) atoms. The van der Waals surface area contributed by atoms with Crippen LogP contribution in [0.25, 0.3) is 11.3 Å². The fraction of sp³-hybridized carbons (Fsp3) is 0.357. The minimum Gasteiger partial charge on any atom is -0.262 e. The molecule has 8 heteroatoms. The Morgan fingerprint density at radius 2 is 1.86 bits per heavy atom. The summed E-state index contributed by atoms with van der Waals surface area (Å²) >= 11 is 3.47. The van der Waals surface area contributed by atoms with Gasteiger partial charge in [-0.25, -0.2) is 17.1 Å². The number of benzene rings is 1. The predicted octanol–water partition coefficient (Wildman–Crippen LogP) is 2.65. The lowest BCUT2D eigenvalue weighted by atomic mass is 10.1. The normalized spacial score (nSPS) is 12.1. The van der Waals surface area contributed by atoms with E-state index in [2.05, 4.69) is 21.0 Å². The molecule has 0 radical (unpaired) electrons. The fourth-order valence-corrected chi connectivity index (χ4v) is 3.27. The Hall–Kier alpha value is -1.25. The Labute approximate surface area is 137 Å². The number of hydrogen-bond acceptors (Lipinski definition) is 3. The van der Waals surface area contributed by atoms with E-state index < -0.39 is 10.0 Å². The molecular formula is C14H17BrFN3O2S. The second-order valence-corrected chi connectivity index (χ2v) is 8.17. The molecule has 0 aliphatic carbocycles. The van der Waals surface area contributed by atoms with Gasteiger partial charge in [0.05, 0.1) is 28.2 Å². The number of nitrogens with zero attached hydrogens (tertiary/aromatic N) is 3. The molecule has 0 N–H and O–H groups in total. The van der Waals surface area contributed by atoms with Gasteiger partial charge in [-0.15, -0.1) is 0 Å². The number of sulfonamides is 1. The smallest absolute Gasteiger partial charge is 0.215 e. The van der Waals surface area contributed by atoms with Gasteiger partial charge in [0.15, 0.2) is 0 Å². The zero-order valence-electron chi connectivity index (χ0n) is 12.5. The average Bonchev–Trinajstić information content (AvgIpc) is 2.73. The first-order valence-electron chi connectivity index (χ1n) is 6.61. The molecule has 0 bridgehead atoms. The van der Waals surface area contributed by atoms with Crippen molar-refractivity contribution in [2.75, 3.05) is 19.8 Å². The summed E-state index contributed by atoms with van der Waals surface area (Å²) in [5.41, 5.74) is 2.27. The van der Waals surface area contributed by atoms with Gasteiger partial charge in [-0.1, -0.05) is 0 Å². The Kier molecular flexibility index (Phi) is 5.03. The summed E-state index contributed by atoms with van der Waals surface area (Å²) in [4.78, 5) is 0. The maximum Gasteiger partial charge on any atom is 0.215 e. The highest BCUT2D eigenvalue weighted by Gasteiger charge is 2.19. The summed E-state index contributed by atoms with van der Waals surface area (Å²) in [6.45, 7) is 2.05. The van der Waals surface area contributed by atoms with Crippen LogP contribution in [0.5, 0.6) is 0 Å². The molecule has 2 aromatic rings. The third-order valence-electron chi connectivity index (χ3n) is 3.29. The van der Waals surface area contributed by atoms with Crippen LogP contribution < -0.4 is 0 Å². The molecule has 0 aliphatic rings. The monoisotopic (exact) mass is 389 g/mol. The van der Waals surface area contributed by atoms with Gasteiger partial charge >= 0.3 is 0 Å². The third-order valence-corrected chi connectivity index (χ3v) is 6.05. The lowest BCUT2D eigenvalue weighted by molar-refractivity contribution is 0.512. The first-order chi connectivity index (χ1) is 10.2. The van der Waals surface area contributed by atoms with Crippen molar-refractivity contribution in [3.05, 3.63) is 40.2 Å². The van der Waals surface area contributed by atoms with E-state index in [-0.39, 0.29) is 18.1 Å². The van der Waals surface area contributed by atoms with Gasteiger partial charge in [0.1, 0.15) is 5.82 Å². The van der Waals surface area contributed by atoms with E-state index in [4.69, 9.17) is 0 Å². The van der Waals surface area contributed by atoms with E-state index in [9.17, 15) is 12.8 Å². The zero-order chi connectivity index (χ0) is 16.5. The number of halogens is 2. The van der Waals surface area contributed by atoms with E-state index in [1.165, 1.54) is 30.5 Å². The van der Waals surface area contributed by atoms with Crippen LogP contribution >= 0.6 is 15.9 Å². The molecule has 0 saturated carbocycles. The van der Waals surface area contributed by atoms with Crippen LogP contribution in [0.1, 0.15) is 5.69 Å². The van der Waals surface area contributed by atoms with Crippen LogP contribution in [0.4, 0.5) is 4.39 Å². The van der Waals surface area contributed by atoms with Crippen molar-refractivity contribution in [2.45, 2.75) is 13.5 Å². The van der Waals surface area contributed by atoms with Crippen LogP contribution in [-0.4, -0.2) is 42.4 Å². The zero-order valence-corrected chi connectivity index (χ0v) is 14.9. The predicted molar refractivity (Wildman–Crippen MR) is 87.5 cm³/mol. The van der Waals surface area contributed by atoms with Crippen LogP contribution in [0, 0.1) is 12.7 Å². The van der Waals surface area contributed by atoms with E-state index in [0.717, 1.165) is 21.4 Å². The summed E-state index contributed by atoms with van der Waals surface area (Å²) in [6, 6.07) is 6.02. The lowest BCUT2D eigenvalue weighted by Crippen LogP contribution is -2.27. The van der Waals surface area contributed by atoms with Gasteiger partial charge in [-0.2, -0.15) is 5.10 Å². The van der Waals surface area contributed by atoms with E-state index in [1.54, 1.807) is 16.8 Å². The average molecular weight is 390 g/mol. The SMILES string of the molecule is Cc1nn(CCS(=O)(=O)N(C)C)c(-c2ccc(F)cc2)c1Br. The summed E-state index contributed by atoms with van der Waals surface area (Å²) in [6.07, 6.45) is 0. The van der Waals surface area contributed by atoms with Crippen molar-refractivity contribution >= 4 is 26.0 Å². The Bertz CT molecular complexity index is 770. The second-order valence-electron chi connectivity index (χ2n) is 5.08. The molecule has 0 spiro atoms. The molecule has 0 aliphatic heterocycles. The molecule has 1 heterocycles. The number of rotatable bonds is 5. The highest BCUT2D eigenvalue weighted by atomic mass is 79.9. The molecule has 5 nitrogen and oxygen atoms in total. The maximum absolute atomic E-state index is 13.1. The van der Waals surface area contributed by atoms with Crippen LogP contribution in [0.3, 0.4) is 0 Å². The maximum atomic E-state index is 13.1. The first kappa shape index (κ1) is 17.1. The number of aryl methyl sites for hydroxylation is 2. The van der Waals surface area contributed by atoms with Gasteiger partial charge in [0.2, 0.25) is 10.0 Å². The van der Waals surface area contributed by atoms with Crippen molar-refractivity contribution in [3.63, 3.8) is 0 Å². The molecule has 0 amide bonds. The van der Waals surface area contributed by atoms with Gasteiger partial charge < -0.3 is 0 Å². The molecule has 1 aromatic heterocycles. The summed E-state index contributed by atoms with van der Waals surface area (Å²) in [5, 5.41) is 4.36. The Balaban J connectivity index is 2.37. The van der Waals surface area contributed by atoms with Crippen molar-refractivity contribution in [1.29, 1.82) is 0 Å². The fourth-order valence-electron chi connectivity index (χ4n) is 1.99. The van der Waals surface area contributed by atoms with Gasteiger partial charge in [-0.3, -0.25) is 4.68 Å². The molecule has 0 unspecified atom stereocenters. The van der Waals surface area contributed by atoms with Gasteiger partial charge in [-0.05, 0) is 47.1 Å². The van der Waals surface area contributed by atoms with Gasteiger partial charge in [0.25, 0.3) is 0 Å². The van der Waals surface area contributed by atoms with Crippen molar-refractivity contribution in [1.82, 2.24) is 14.1 Å². The molecule has 0 atom stereocenters. The molecule has 0 saturated heterocycles. The summed E-state index contributed by atoms with van der Waals surface area (Å²) in [7, 11) is -0.308. The first-order valence-corrected chi connectivity index (χ1v) is 9.01. The standard InChI is InChI=1S/C14H17BrFN3O2S/c1-10-13(15)14(11-4-6-12(16)7-5-11)19(17-10)8-9-22(20,21)18(2)3/h4-7H,8-9H2,1-3H3. The molecule has 2 rings (SSSR count). The quantitative estimate of drug-likeness (QED) is 0.789. The van der Waals surface area contributed by atoms with E-state index >= 15 is 0 Å². The van der Waals surface area contributed by atoms with Crippen molar-refractivity contribution in [2.24, 2.45) is 0 Å². The molecule has 1 aromatic carbocycles. The largest absolute Gasteiger partial charge is 0.262 e. The Morgan fingerprint density at radius 3 is 2.41 bits per heavy atom. The Morgan fingerprint density at radius 1 is 1.27 bits per heavy atom. The van der Waals surface area contributed by atoms with Crippen LogP contribution in [0.15, 0.2) is 28.7 Å². The third kappa shape index (κ3) is 3.56. The van der Waals surface area contributed by atoms with Crippen molar-refractivity contribution in [3.8, 4) is 11.3 Å². The topological polar surface area (TPSA) is 55.2 Å².